The van der Waals surface area contributed by atoms with Gasteiger partial charge in [0.25, 0.3) is 0 Å². The van der Waals surface area contributed by atoms with Gasteiger partial charge in [-0.15, -0.1) is 0 Å². The molecule has 2 bridgehead atoms. The lowest BCUT2D eigenvalue weighted by molar-refractivity contribution is 0.0147. The highest BCUT2D eigenvalue weighted by Crippen LogP contribution is 2.46. The highest BCUT2D eigenvalue weighted by atomic mass is 32.1. The van der Waals surface area contributed by atoms with E-state index in [0.717, 1.165) is 76.5 Å². The molecule has 0 spiro atoms. The predicted octanol–water partition coefficient (Wildman–Crippen LogP) is 6.56. The van der Waals surface area contributed by atoms with E-state index >= 15 is 0 Å². The van der Waals surface area contributed by atoms with Crippen molar-refractivity contribution in [2.45, 2.75) is 76.2 Å². The molecule has 4 heterocycles. The first kappa shape index (κ1) is 24.6. The molecule has 7 rings (SSSR count). The number of ether oxygens (including phenoxy) is 2. The van der Waals surface area contributed by atoms with Crippen LogP contribution in [-0.2, 0) is 11.3 Å². The molecule has 1 aliphatic carbocycles. The van der Waals surface area contributed by atoms with Gasteiger partial charge in [0.2, 0.25) is 0 Å². The molecule has 202 valence electrons. The van der Waals surface area contributed by atoms with Crippen LogP contribution in [0.2, 0.25) is 0 Å². The second-order valence-corrected chi connectivity index (χ2v) is 12.0. The molecule has 39 heavy (non-hydrogen) atoms. The number of aromatic carboxylic acids is 1. The Morgan fingerprint density at radius 3 is 2.62 bits per heavy atom. The number of fused-ring (bicyclic) bond motifs is 3. The van der Waals surface area contributed by atoms with Crippen molar-refractivity contribution in [1.82, 2.24) is 10.1 Å². The van der Waals surface area contributed by atoms with Crippen molar-refractivity contribution in [2.24, 2.45) is 0 Å². The maximum atomic E-state index is 11.6. The zero-order valence-corrected chi connectivity index (χ0v) is 22.9. The monoisotopic (exact) mass is 545 g/mol. The molecule has 0 amide bonds. The van der Waals surface area contributed by atoms with Gasteiger partial charge in [0, 0.05) is 29.1 Å². The summed E-state index contributed by atoms with van der Waals surface area (Å²) in [5, 5.41) is 14.9. The number of carbonyl (C=O) groups is 1. The number of aryl methyl sites for hydroxylation is 1. The number of hydrogen-bond donors (Lipinski definition) is 1. The van der Waals surface area contributed by atoms with Crippen LogP contribution in [0.15, 0.2) is 40.9 Å². The van der Waals surface area contributed by atoms with Crippen LogP contribution in [0.1, 0.15) is 71.7 Å². The Bertz CT molecular complexity index is 1540. The number of anilines is 1. The molecule has 2 aromatic carbocycles. The third-order valence-corrected chi connectivity index (χ3v) is 9.47. The van der Waals surface area contributed by atoms with Crippen LogP contribution in [0.3, 0.4) is 0 Å². The summed E-state index contributed by atoms with van der Waals surface area (Å²) >= 11 is 1.55. The fourth-order valence-corrected chi connectivity index (χ4v) is 7.50. The molecule has 9 heteroatoms. The molecule has 2 aliphatic heterocycles. The van der Waals surface area contributed by atoms with Gasteiger partial charge in [0.15, 0.2) is 5.13 Å². The van der Waals surface area contributed by atoms with Crippen LogP contribution >= 0.6 is 11.3 Å². The van der Waals surface area contributed by atoms with Crippen molar-refractivity contribution in [2.75, 3.05) is 12.0 Å². The van der Waals surface area contributed by atoms with E-state index in [1.807, 2.05) is 12.1 Å². The summed E-state index contributed by atoms with van der Waals surface area (Å²) in [5.41, 5.74) is 5.26. The smallest absolute Gasteiger partial charge is 0.335 e. The number of carboxylic acid groups (broad SMARTS) is 1. The largest absolute Gasteiger partial charge is 0.494 e. The fraction of sp³-hybridized carbons (Fsp3) is 0.433. The predicted molar refractivity (Wildman–Crippen MR) is 149 cm³/mol. The molecule has 1 saturated carbocycles. The van der Waals surface area contributed by atoms with E-state index in [4.69, 9.17) is 19.0 Å². The maximum absolute atomic E-state index is 11.6. The van der Waals surface area contributed by atoms with Gasteiger partial charge >= 0.3 is 5.97 Å². The Kier molecular flexibility index (Phi) is 6.08. The minimum atomic E-state index is -0.966. The molecular weight excluding hydrogens is 514 g/mol. The standard InChI is InChI=1S/C30H31N3O5S/c1-16-5-3-4-6-22(16)26-23(28(38-32-26)17-7-8-17)15-37-21-13-19-9-10-20(14-21)33(19)30-31-27-24(36-2)11-18(29(34)35)12-25(27)39-30/h3-6,11-12,17,19-21H,7-10,13-15H2,1-2H3,(H,34,35)/t19-,20+,21?. The van der Waals surface area contributed by atoms with E-state index in [-0.39, 0.29) is 11.7 Å². The number of hydrogen-bond acceptors (Lipinski definition) is 8. The van der Waals surface area contributed by atoms with Gasteiger partial charge in [0.1, 0.15) is 22.7 Å². The van der Waals surface area contributed by atoms with Crippen LogP contribution in [-0.4, -0.2) is 46.5 Å². The Labute approximate surface area is 230 Å². The minimum absolute atomic E-state index is 0.160. The number of rotatable bonds is 8. The minimum Gasteiger partial charge on any atom is -0.494 e. The third-order valence-electron chi connectivity index (χ3n) is 8.46. The number of aromatic nitrogens is 2. The van der Waals surface area contributed by atoms with Gasteiger partial charge in [-0.05, 0) is 63.1 Å². The quantitative estimate of drug-likeness (QED) is 0.266. The van der Waals surface area contributed by atoms with Crippen LogP contribution in [0.5, 0.6) is 5.75 Å². The van der Waals surface area contributed by atoms with Crippen molar-refractivity contribution in [3.8, 4) is 17.0 Å². The first-order valence-electron chi connectivity index (χ1n) is 13.7. The van der Waals surface area contributed by atoms with Crippen molar-refractivity contribution >= 4 is 32.7 Å². The van der Waals surface area contributed by atoms with Crippen LogP contribution in [0.4, 0.5) is 5.13 Å². The Balaban J connectivity index is 1.11. The lowest BCUT2D eigenvalue weighted by Gasteiger charge is -2.38. The third kappa shape index (κ3) is 4.37. The zero-order chi connectivity index (χ0) is 26.7. The lowest BCUT2D eigenvalue weighted by atomic mass is 9.99. The van der Waals surface area contributed by atoms with Crippen molar-refractivity contribution in [3.63, 3.8) is 0 Å². The number of carboxylic acids is 1. The Morgan fingerprint density at radius 2 is 1.92 bits per heavy atom. The van der Waals surface area contributed by atoms with Crippen molar-refractivity contribution < 1.29 is 23.9 Å². The van der Waals surface area contributed by atoms with Gasteiger partial charge in [0.05, 0.1) is 30.1 Å². The fourth-order valence-electron chi connectivity index (χ4n) is 6.33. The summed E-state index contributed by atoms with van der Waals surface area (Å²) in [7, 11) is 1.56. The topological polar surface area (TPSA) is 97.9 Å². The summed E-state index contributed by atoms with van der Waals surface area (Å²) in [4.78, 5) is 19.0. The van der Waals surface area contributed by atoms with Gasteiger partial charge < -0.3 is 24.0 Å². The first-order chi connectivity index (χ1) is 19.0. The molecule has 0 radical (unpaired) electrons. The summed E-state index contributed by atoms with van der Waals surface area (Å²) in [6, 6.07) is 12.3. The van der Waals surface area contributed by atoms with Gasteiger partial charge in [-0.1, -0.05) is 40.8 Å². The van der Waals surface area contributed by atoms with E-state index in [0.29, 0.717) is 30.4 Å². The van der Waals surface area contributed by atoms with E-state index in [1.165, 1.54) is 5.56 Å². The summed E-state index contributed by atoms with van der Waals surface area (Å²) in [5.74, 6) is 0.997. The molecular formula is C30H31N3O5S. The maximum Gasteiger partial charge on any atom is 0.335 e. The van der Waals surface area contributed by atoms with Gasteiger partial charge in [-0.3, -0.25) is 0 Å². The van der Waals surface area contributed by atoms with Crippen molar-refractivity contribution in [3.05, 3.63) is 58.8 Å². The average Bonchev–Trinajstić information content (AvgIpc) is 3.45. The molecule has 2 aromatic heterocycles. The van der Waals surface area contributed by atoms with E-state index in [9.17, 15) is 9.90 Å². The highest BCUT2D eigenvalue weighted by molar-refractivity contribution is 7.22. The summed E-state index contributed by atoms with van der Waals surface area (Å²) in [6.07, 6.45) is 6.55. The molecule has 1 unspecified atom stereocenters. The SMILES string of the molecule is COc1cc(C(=O)O)cc2sc(N3[C@@H]4CC[C@H]3CC(OCc3c(-c5ccccc5C)noc3C3CC3)C4)nc12. The number of methoxy groups -OCH3 is 1. The number of benzene rings is 2. The van der Waals surface area contributed by atoms with Crippen LogP contribution in [0.25, 0.3) is 21.5 Å². The lowest BCUT2D eigenvalue weighted by Crippen LogP contribution is -2.45. The average molecular weight is 546 g/mol. The Morgan fingerprint density at radius 1 is 1.15 bits per heavy atom. The molecule has 3 fully saturated rings. The second kappa shape index (κ2) is 9.64. The molecule has 3 atom stereocenters. The van der Waals surface area contributed by atoms with E-state index in [1.54, 1.807) is 30.6 Å². The van der Waals surface area contributed by atoms with E-state index < -0.39 is 5.97 Å². The number of thiazole rings is 1. The zero-order valence-electron chi connectivity index (χ0n) is 22.1. The highest BCUT2D eigenvalue weighted by Gasteiger charge is 2.43. The second-order valence-electron chi connectivity index (χ2n) is 11.0. The molecule has 1 N–H and O–H groups in total. The van der Waals surface area contributed by atoms with Crippen LogP contribution in [0, 0.1) is 6.92 Å². The number of piperidine rings is 1. The molecule has 8 nitrogen and oxygen atoms in total. The summed E-state index contributed by atoms with van der Waals surface area (Å²) < 4.78 is 18.8. The Hall–Kier alpha value is -3.43. The normalized spacial score (nSPS) is 22.5. The van der Waals surface area contributed by atoms with E-state index in [2.05, 4.69) is 29.1 Å². The van der Waals surface area contributed by atoms with Gasteiger partial charge in [-0.25, -0.2) is 9.78 Å². The summed E-state index contributed by atoms with van der Waals surface area (Å²) in [6.45, 7) is 2.62. The molecule has 3 aliphatic rings. The number of nitrogens with zero attached hydrogens (tertiary/aromatic N) is 3. The van der Waals surface area contributed by atoms with Crippen molar-refractivity contribution in [1.29, 1.82) is 0 Å². The van der Waals surface area contributed by atoms with Gasteiger partial charge in [-0.2, -0.15) is 0 Å². The molecule has 4 aromatic rings. The molecule has 2 saturated heterocycles. The first-order valence-corrected chi connectivity index (χ1v) is 14.5. The van der Waals surface area contributed by atoms with Crippen LogP contribution < -0.4 is 9.64 Å².